The summed E-state index contributed by atoms with van der Waals surface area (Å²) in [6, 6.07) is 0. The Morgan fingerprint density at radius 3 is 2.70 bits per heavy atom. The molecule has 0 saturated heterocycles. The van der Waals surface area contributed by atoms with E-state index in [4.69, 9.17) is 0 Å². The van der Waals surface area contributed by atoms with Gasteiger partial charge in [-0.25, -0.2) is 0 Å². The number of rotatable bonds is 4. The van der Waals surface area contributed by atoms with Crippen LogP contribution >= 0.6 is 11.8 Å². The monoisotopic (exact) mass is 158 g/mol. The molecule has 0 atom stereocenters. The lowest BCUT2D eigenvalue weighted by molar-refractivity contribution is 0.486. The van der Waals surface area contributed by atoms with Gasteiger partial charge in [-0.3, -0.25) is 9.89 Å². The van der Waals surface area contributed by atoms with E-state index in [0.717, 1.165) is 5.88 Å². The molecule has 0 aromatic heterocycles. The zero-order valence-corrected chi connectivity index (χ0v) is 7.61. The van der Waals surface area contributed by atoms with E-state index in [1.807, 2.05) is 21.0 Å². The summed E-state index contributed by atoms with van der Waals surface area (Å²) >= 11 is 1.76. The Morgan fingerprint density at radius 1 is 1.70 bits per heavy atom. The summed E-state index contributed by atoms with van der Waals surface area (Å²) in [7, 11) is 4.09. The molecule has 0 spiro atoms. The molecule has 0 aromatic rings. The van der Waals surface area contributed by atoms with Crippen LogP contribution in [-0.4, -0.2) is 31.6 Å². The number of nitrogens with zero attached hydrogens (tertiary/aromatic N) is 2. The van der Waals surface area contributed by atoms with Gasteiger partial charge in [0.1, 0.15) is 0 Å². The van der Waals surface area contributed by atoms with E-state index in [1.54, 1.807) is 18.0 Å². The van der Waals surface area contributed by atoms with Gasteiger partial charge in [0.05, 0.1) is 0 Å². The maximum Gasteiger partial charge on any atom is 0.0483 e. The van der Waals surface area contributed by atoms with E-state index in [-0.39, 0.29) is 0 Å². The highest BCUT2D eigenvalue weighted by Crippen LogP contribution is 2.13. The van der Waals surface area contributed by atoms with Crippen molar-refractivity contribution in [2.24, 2.45) is 4.99 Å². The Balaban J connectivity index is 3.48. The quantitative estimate of drug-likeness (QED) is 0.458. The van der Waals surface area contributed by atoms with Crippen molar-refractivity contribution in [2.45, 2.75) is 6.92 Å². The van der Waals surface area contributed by atoms with E-state index >= 15 is 0 Å². The van der Waals surface area contributed by atoms with Gasteiger partial charge >= 0.3 is 0 Å². The molecule has 0 heterocycles. The molecule has 0 aliphatic heterocycles. The van der Waals surface area contributed by atoms with Crippen molar-refractivity contribution < 1.29 is 0 Å². The Morgan fingerprint density at radius 2 is 2.30 bits per heavy atom. The third kappa shape index (κ3) is 5.85. The number of aliphatic imine (C=N–C) groups is 1. The fraction of sp³-hybridized carbons (Fsp3) is 0.571. The fourth-order valence-corrected chi connectivity index (χ4v) is 1.01. The minimum absolute atomic E-state index is 0.998. The first kappa shape index (κ1) is 9.72. The van der Waals surface area contributed by atoms with Crippen LogP contribution in [0.4, 0.5) is 0 Å². The zero-order chi connectivity index (χ0) is 7.98. The maximum absolute atomic E-state index is 3.66. The molecule has 0 rings (SSSR count). The number of hydrogen-bond donors (Lipinski definition) is 0. The molecule has 0 N–H and O–H groups in total. The molecule has 0 bridgehead atoms. The Kier molecular flexibility index (Phi) is 5.35. The van der Waals surface area contributed by atoms with E-state index in [9.17, 15) is 0 Å². The molecule has 3 heteroatoms. The lowest BCUT2D eigenvalue weighted by Crippen LogP contribution is -2.09. The zero-order valence-electron chi connectivity index (χ0n) is 6.79. The Bertz CT molecular complexity index is 130. The topological polar surface area (TPSA) is 15.6 Å². The first-order valence-electron chi connectivity index (χ1n) is 3.07. The van der Waals surface area contributed by atoms with Crippen LogP contribution in [0.5, 0.6) is 0 Å². The summed E-state index contributed by atoms with van der Waals surface area (Å²) in [5.74, 6) is 0.998. The molecular formula is C7H14N2S. The van der Waals surface area contributed by atoms with Crippen molar-refractivity contribution in [1.82, 2.24) is 4.90 Å². The van der Waals surface area contributed by atoms with Crippen molar-refractivity contribution in [2.75, 3.05) is 20.0 Å². The van der Waals surface area contributed by atoms with Crippen LogP contribution in [0, 0.1) is 0 Å². The van der Waals surface area contributed by atoms with E-state index in [2.05, 4.69) is 16.6 Å². The van der Waals surface area contributed by atoms with Crippen LogP contribution in [0.25, 0.3) is 0 Å². The standard InChI is InChI=1S/C7H14N2S/c1-7(5-8-2)10-6-9(3)4/h5H,2,6H2,1,3-4H3/b7-5-. The molecule has 0 aliphatic rings. The Hall–Kier alpha value is -0.280. The predicted octanol–water partition coefficient (Wildman–Crippen LogP) is 1.80. The number of hydrogen-bond acceptors (Lipinski definition) is 3. The summed E-state index contributed by atoms with van der Waals surface area (Å²) in [4.78, 5) is 6.98. The lowest BCUT2D eigenvalue weighted by atomic mass is 10.7. The lowest BCUT2D eigenvalue weighted by Gasteiger charge is -2.07. The SMILES string of the molecule is C=N/C=C(/C)SCN(C)C. The van der Waals surface area contributed by atoms with Crippen LogP contribution in [0.3, 0.4) is 0 Å². The molecule has 2 nitrogen and oxygen atoms in total. The maximum atomic E-state index is 3.66. The van der Waals surface area contributed by atoms with Crippen molar-refractivity contribution in [3.8, 4) is 0 Å². The van der Waals surface area contributed by atoms with Crippen LogP contribution in [-0.2, 0) is 0 Å². The van der Waals surface area contributed by atoms with Gasteiger partial charge < -0.3 is 0 Å². The van der Waals surface area contributed by atoms with Gasteiger partial charge in [-0.15, -0.1) is 11.8 Å². The highest BCUT2D eigenvalue weighted by molar-refractivity contribution is 8.02. The molecule has 0 unspecified atom stereocenters. The highest BCUT2D eigenvalue weighted by Gasteiger charge is 1.90. The molecule has 58 valence electrons. The van der Waals surface area contributed by atoms with Crippen LogP contribution in [0.2, 0.25) is 0 Å². The van der Waals surface area contributed by atoms with Gasteiger partial charge in [-0.2, -0.15) is 0 Å². The van der Waals surface area contributed by atoms with Gasteiger partial charge in [0.2, 0.25) is 0 Å². The summed E-state index contributed by atoms with van der Waals surface area (Å²) in [6.07, 6.45) is 1.77. The second-order valence-corrected chi connectivity index (χ2v) is 3.47. The molecule has 0 saturated carbocycles. The van der Waals surface area contributed by atoms with Gasteiger partial charge in [0.25, 0.3) is 0 Å². The minimum atomic E-state index is 0.998. The van der Waals surface area contributed by atoms with Crippen LogP contribution < -0.4 is 0 Å². The molecule has 0 fully saturated rings. The minimum Gasteiger partial charge on any atom is -0.300 e. The second-order valence-electron chi connectivity index (χ2n) is 2.28. The van der Waals surface area contributed by atoms with Crippen molar-refractivity contribution >= 4 is 18.5 Å². The van der Waals surface area contributed by atoms with Crippen molar-refractivity contribution in [3.05, 3.63) is 11.1 Å². The van der Waals surface area contributed by atoms with Crippen LogP contribution in [0.1, 0.15) is 6.92 Å². The normalized spacial score (nSPS) is 12.2. The van der Waals surface area contributed by atoms with Crippen molar-refractivity contribution in [3.63, 3.8) is 0 Å². The molecule has 0 radical (unpaired) electrons. The Labute approximate surface area is 67.0 Å². The van der Waals surface area contributed by atoms with Crippen molar-refractivity contribution in [1.29, 1.82) is 0 Å². The number of thioether (sulfide) groups is 1. The van der Waals surface area contributed by atoms with E-state index in [0.29, 0.717) is 0 Å². The molecule has 0 aliphatic carbocycles. The van der Waals surface area contributed by atoms with Gasteiger partial charge in [0, 0.05) is 17.0 Å². The third-order valence-electron chi connectivity index (χ3n) is 0.824. The smallest absolute Gasteiger partial charge is 0.0483 e. The third-order valence-corrected chi connectivity index (χ3v) is 2.03. The number of allylic oxidation sites excluding steroid dienone is 1. The molecule has 10 heavy (non-hydrogen) atoms. The van der Waals surface area contributed by atoms with Gasteiger partial charge in [-0.1, -0.05) is 0 Å². The predicted molar refractivity (Wildman–Crippen MR) is 49.5 cm³/mol. The summed E-state index contributed by atoms with van der Waals surface area (Å²) in [6.45, 7) is 5.41. The first-order valence-corrected chi connectivity index (χ1v) is 4.05. The first-order chi connectivity index (χ1) is 4.66. The average molecular weight is 158 g/mol. The highest BCUT2D eigenvalue weighted by atomic mass is 32.2. The molecule has 0 aromatic carbocycles. The average Bonchev–Trinajstić information content (AvgIpc) is 1.85. The van der Waals surface area contributed by atoms with Gasteiger partial charge in [-0.05, 0) is 27.7 Å². The van der Waals surface area contributed by atoms with Gasteiger partial charge in [0.15, 0.2) is 0 Å². The fourth-order valence-electron chi connectivity index (χ4n) is 0.397. The van der Waals surface area contributed by atoms with E-state index < -0.39 is 0 Å². The summed E-state index contributed by atoms with van der Waals surface area (Å²) in [5, 5.41) is 0. The summed E-state index contributed by atoms with van der Waals surface area (Å²) < 4.78 is 0. The van der Waals surface area contributed by atoms with E-state index in [1.165, 1.54) is 4.91 Å². The van der Waals surface area contributed by atoms with Crippen LogP contribution in [0.15, 0.2) is 16.1 Å². The largest absolute Gasteiger partial charge is 0.300 e. The summed E-state index contributed by atoms with van der Waals surface area (Å²) in [5.41, 5.74) is 0. The molecule has 0 amide bonds. The molecular weight excluding hydrogens is 144 g/mol. The second kappa shape index (κ2) is 5.50.